The van der Waals surface area contributed by atoms with E-state index < -0.39 is 23.8 Å². The molecule has 13 nitrogen and oxygen atoms in total. The van der Waals surface area contributed by atoms with Gasteiger partial charge < -0.3 is 19.7 Å². The predicted molar refractivity (Wildman–Crippen MR) is 168 cm³/mol. The number of nitriles is 1. The number of anilines is 1. The molecule has 2 aromatic carbocycles. The molecule has 1 fully saturated rings. The van der Waals surface area contributed by atoms with Gasteiger partial charge in [-0.2, -0.15) is 20.2 Å². The van der Waals surface area contributed by atoms with Crippen molar-refractivity contribution in [1.82, 2.24) is 19.7 Å². The minimum Gasteiger partial charge on any atom is -0.465 e. The smallest absolute Gasteiger partial charge is 0.339 e. The number of aromatic nitrogens is 4. The van der Waals surface area contributed by atoms with Crippen molar-refractivity contribution in [2.75, 3.05) is 12.0 Å². The van der Waals surface area contributed by atoms with E-state index in [0.29, 0.717) is 22.4 Å². The van der Waals surface area contributed by atoms with Crippen LogP contribution < -0.4 is 10.5 Å². The van der Waals surface area contributed by atoms with Crippen LogP contribution in [0.1, 0.15) is 54.0 Å². The minimum absolute atomic E-state index is 0.0405. The number of aliphatic imine (C=N–C) groups is 1. The summed E-state index contributed by atoms with van der Waals surface area (Å²) in [6.45, 7) is 5.30. The van der Waals surface area contributed by atoms with E-state index >= 15 is 0 Å². The Kier molecular flexibility index (Phi) is 9.35. The first-order chi connectivity index (χ1) is 21.9. The molecule has 0 saturated heterocycles. The van der Waals surface area contributed by atoms with Crippen LogP contribution in [0.3, 0.4) is 0 Å². The van der Waals surface area contributed by atoms with Gasteiger partial charge in [-0.3, -0.25) is 4.79 Å². The first-order valence-corrected chi connectivity index (χ1v) is 14.2. The van der Waals surface area contributed by atoms with Crippen molar-refractivity contribution in [3.8, 4) is 6.07 Å². The molecule has 1 saturated carbocycles. The predicted octanol–water partition coefficient (Wildman–Crippen LogP) is 4.95. The molecular weight excluding hydrogens is 574 g/mol. The number of benzene rings is 2. The van der Waals surface area contributed by atoms with Crippen molar-refractivity contribution in [2.24, 2.45) is 15.2 Å². The number of aliphatic hydroxyl groups excluding tert-OH is 1. The van der Waals surface area contributed by atoms with Crippen LogP contribution in [0.5, 0.6) is 0 Å². The molecule has 13 heteroatoms. The number of hydrogen-bond acceptors (Lipinski definition) is 11. The minimum atomic E-state index is -1.46. The number of carbonyl (C=O) groups excluding carboxylic acids is 1. The van der Waals surface area contributed by atoms with Gasteiger partial charge in [0, 0.05) is 12.2 Å². The van der Waals surface area contributed by atoms with Gasteiger partial charge in [0.05, 0.1) is 35.5 Å². The Labute approximate surface area is 258 Å². The molecule has 0 amide bonds. The summed E-state index contributed by atoms with van der Waals surface area (Å²) in [5.74, 6) is -0.0729. The molecular formula is C32H31N9O4. The molecule has 1 aliphatic rings. The van der Waals surface area contributed by atoms with Gasteiger partial charge in [-0.05, 0) is 56.5 Å². The van der Waals surface area contributed by atoms with Crippen LogP contribution in [-0.2, 0) is 4.74 Å². The van der Waals surface area contributed by atoms with Gasteiger partial charge in [0.1, 0.15) is 23.3 Å². The molecule has 228 valence electrons. The molecule has 2 unspecified atom stereocenters. The SMILES string of the molecule is C=C/C=C\N=C(C)n1ncc(C#N)c1N=NC(c1nc2ccccc2c(=O)[nH]1)C(O)N(c1ccccc1C(=O)OC)C1CCC1. The van der Waals surface area contributed by atoms with Crippen molar-refractivity contribution in [1.29, 1.82) is 5.26 Å². The van der Waals surface area contributed by atoms with Crippen molar-refractivity contribution in [2.45, 2.75) is 44.5 Å². The summed E-state index contributed by atoms with van der Waals surface area (Å²) < 4.78 is 6.37. The summed E-state index contributed by atoms with van der Waals surface area (Å²) in [4.78, 5) is 39.3. The maximum absolute atomic E-state index is 13.1. The summed E-state index contributed by atoms with van der Waals surface area (Å²) in [6, 6.07) is 14.2. The van der Waals surface area contributed by atoms with Crippen LogP contribution >= 0.6 is 0 Å². The summed E-state index contributed by atoms with van der Waals surface area (Å²) >= 11 is 0. The Morgan fingerprint density at radius 1 is 1.27 bits per heavy atom. The molecule has 0 aliphatic heterocycles. The number of aliphatic hydroxyl groups is 1. The Bertz CT molecular complexity index is 1910. The molecule has 0 bridgehead atoms. The van der Waals surface area contributed by atoms with E-state index in [1.807, 2.05) is 0 Å². The van der Waals surface area contributed by atoms with Crippen LogP contribution in [0.4, 0.5) is 11.5 Å². The topological polar surface area (TPSA) is 174 Å². The second-order valence-corrected chi connectivity index (χ2v) is 10.2. The quantitative estimate of drug-likeness (QED) is 0.0638. The van der Waals surface area contributed by atoms with Crippen molar-refractivity contribution in [3.63, 3.8) is 0 Å². The van der Waals surface area contributed by atoms with Crippen LogP contribution in [0.15, 0.2) is 99.7 Å². The molecule has 2 heterocycles. The van der Waals surface area contributed by atoms with Gasteiger partial charge >= 0.3 is 5.97 Å². The number of azo groups is 1. The summed E-state index contributed by atoms with van der Waals surface area (Å²) in [7, 11) is 1.29. The lowest BCUT2D eigenvalue weighted by Gasteiger charge is -2.43. The molecule has 0 radical (unpaired) electrons. The van der Waals surface area contributed by atoms with E-state index in [4.69, 9.17) is 4.74 Å². The average molecular weight is 606 g/mol. The summed E-state index contributed by atoms with van der Waals surface area (Å²) in [5.41, 5.74) is 0.776. The van der Waals surface area contributed by atoms with E-state index in [-0.39, 0.29) is 28.8 Å². The van der Waals surface area contributed by atoms with Gasteiger partial charge in [-0.1, -0.05) is 36.9 Å². The first-order valence-electron chi connectivity index (χ1n) is 14.2. The zero-order valence-electron chi connectivity index (χ0n) is 24.7. The van der Waals surface area contributed by atoms with Crippen LogP contribution in [0.25, 0.3) is 10.9 Å². The molecule has 45 heavy (non-hydrogen) atoms. The van der Waals surface area contributed by atoms with Crippen molar-refractivity contribution >= 4 is 34.2 Å². The van der Waals surface area contributed by atoms with Crippen molar-refractivity contribution < 1.29 is 14.6 Å². The lowest BCUT2D eigenvalue weighted by molar-refractivity contribution is 0.0599. The Balaban J connectivity index is 1.68. The Morgan fingerprint density at radius 3 is 2.73 bits per heavy atom. The number of hydrogen-bond donors (Lipinski definition) is 2. The second-order valence-electron chi connectivity index (χ2n) is 10.2. The van der Waals surface area contributed by atoms with Crippen molar-refractivity contribution in [3.05, 3.63) is 107 Å². The third-order valence-electron chi connectivity index (χ3n) is 7.47. The molecule has 1 aliphatic carbocycles. The first kappa shape index (κ1) is 30.7. The van der Waals surface area contributed by atoms with Gasteiger partial charge in [0.15, 0.2) is 18.1 Å². The zero-order chi connectivity index (χ0) is 31.9. The molecule has 4 aromatic rings. The summed E-state index contributed by atoms with van der Waals surface area (Å²) in [5, 5.41) is 35.4. The summed E-state index contributed by atoms with van der Waals surface area (Å²) in [6.07, 6.45) is 7.01. The van der Waals surface area contributed by atoms with E-state index in [2.05, 4.69) is 42.9 Å². The van der Waals surface area contributed by atoms with Gasteiger partial charge in [0.25, 0.3) is 5.56 Å². The molecule has 2 atom stereocenters. The highest BCUT2D eigenvalue weighted by atomic mass is 16.5. The van der Waals surface area contributed by atoms with E-state index in [9.17, 15) is 20.0 Å². The number of H-pyrrole nitrogens is 1. The van der Waals surface area contributed by atoms with Gasteiger partial charge in [-0.15, -0.1) is 5.11 Å². The standard InChI is InChI=1S/C32H31N9O4/c1-4-5-17-34-20(2)41-29(21(18-33)19-35-41)39-38-27(28-36-25-15-8-6-13-23(25)30(42)37-28)31(43)40(22-11-10-12-22)26-16-9-7-14-24(26)32(44)45-3/h4-9,13-17,19,22,27,31,43H,1,10-12H2,2-3H3,(H,36,37,42)/b17-5-,34-20?,39-38?. The number of fused-ring (bicyclic) bond motifs is 1. The largest absolute Gasteiger partial charge is 0.465 e. The van der Waals surface area contributed by atoms with Gasteiger partial charge in [0.2, 0.25) is 0 Å². The number of rotatable bonds is 10. The number of para-hydroxylation sites is 2. The lowest BCUT2D eigenvalue weighted by atomic mass is 9.89. The van der Waals surface area contributed by atoms with Crippen LogP contribution in [-0.4, -0.2) is 56.0 Å². The second kappa shape index (κ2) is 13.7. The normalized spacial score (nSPS) is 15.1. The van der Waals surface area contributed by atoms with E-state index in [1.165, 1.54) is 24.2 Å². The number of nitrogens with one attached hydrogen (secondary N) is 1. The fraction of sp³-hybridized carbons (Fsp3) is 0.250. The average Bonchev–Trinajstić information content (AvgIpc) is 3.45. The monoisotopic (exact) mass is 605 g/mol. The third-order valence-corrected chi connectivity index (χ3v) is 7.47. The van der Waals surface area contributed by atoms with E-state index in [0.717, 1.165) is 19.3 Å². The maximum atomic E-state index is 13.1. The number of methoxy groups -OCH3 is 1. The third kappa shape index (κ3) is 6.31. The lowest BCUT2D eigenvalue weighted by Crippen LogP contribution is -2.50. The maximum Gasteiger partial charge on any atom is 0.339 e. The Hall–Kier alpha value is -5.74. The molecule has 2 N–H and O–H groups in total. The fourth-order valence-corrected chi connectivity index (χ4v) is 4.99. The highest BCUT2D eigenvalue weighted by Gasteiger charge is 2.38. The van der Waals surface area contributed by atoms with E-state index in [1.54, 1.807) is 72.5 Å². The molecule has 0 spiro atoms. The van der Waals surface area contributed by atoms with Crippen LogP contribution in [0.2, 0.25) is 0 Å². The highest BCUT2D eigenvalue weighted by molar-refractivity contribution is 5.96. The Morgan fingerprint density at radius 2 is 2.02 bits per heavy atom. The number of allylic oxidation sites excluding steroid dienone is 2. The van der Waals surface area contributed by atoms with Crippen LogP contribution in [0, 0.1) is 11.3 Å². The number of esters is 1. The zero-order valence-corrected chi connectivity index (χ0v) is 24.7. The highest BCUT2D eigenvalue weighted by Crippen LogP contribution is 2.37. The molecule has 5 rings (SSSR count). The van der Waals surface area contributed by atoms with Gasteiger partial charge in [-0.25, -0.2) is 14.8 Å². The number of ether oxygens (including phenoxy) is 1. The number of aromatic amines is 1. The number of nitrogens with zero attached hydrogens (tertiary/aromatic N) is 8. The molecule has 2 aromatic heterocycles. The fourth-order valence-electron chi connectivity index (χ4n) is 4.99. The number of carbonyl (C=O) groups is 1.